The lowest BCUT2D eigenvalue weighted by Crippen LogP contribution is -2.04. The predicted molar refractivity (Wildman–Crippen MR) is 74.6 cm³/mol. The number of aromatic nitrogens is 3. The Labute approximate surface area is 120 Å². The largest absolute Gasteiger partial charge is 0.383 e. The Balaban J connectivity index is 1.94. The van der Waals surface area contributed by atoms with Gasteiger partial charge < -0.3 is 9.30 Å². The smallest absolute Gasteiger partial charge is 0.269 e. The zero-order valence-corrected chi connectivity index (χ0v) is 11.7. The first-order valence-corrected chi connectivity index (χ1v) is 6.92. The molecule has 1 heterocycles. The predicted octanol–water partition coefficient (Wildman–Crippen LogP) is 2.12. The second-order valence-corrected chi connectivity index (χ2v) is 4.95. The molecule has 106 valence electrons. The number of benzene rings is 1. The topological polar surface area (TPSA) is 83.1 Å². The molecule has 0 aliphatic heterocycles. The van der Waals surface area contributed by atoms with Crippen LogP contribution in [-0.4, -0.2) is 33.4 Å². The normalized spacial score (nSPS) is 10.7. The van der Waals surface area contributed by atoms with Crippen molar-refractivity contribution in [1.82, 2.24) is 14.8 Å². The Hall–Kier alpha value is -1.93. The van der Waals surface area contributed by atoms with Crippen molar-refractivity contribution in [3.05, 3.63) is 46.3 Å². The van der Waals surface area contributed by atoms with Crippen molar-refractivity contribution in [3.8, 4) is 0 Å². The summed E-state index contributed by atoms with van der Waals surface area (Å²) in [6.45, 7) is 1.30. The van der Waals surface area contributed by atoms with Crippen LogP contribution in [0.2, 0.25) is 0 Å². The number of rotatable bonds is 7. The van der Waals surface area contributed by atoms with Crippen LogP contribution in [0.15, 0.2) is 35.7 Å². The number of nitrogens with zero attached hydrogens (tertiary/aromatic N) is 4. The Morgan fingerprint density at radius 2 is 2.15 bits per heavy atom. The van der Waals surface area contributed by atoms with Crippen molar-refractivity contribution >= 4 is 17.4 Å². The van der Waals surface area contributed by atoms with Crippen molar-refractivity contribution in [3.63, 3.8) is 0 Å². The number of methoxy groups -OCH3 is 1. The molecule has 0 atom stereocenters. The van der Waals surface area contributed by atoms with Gasteiger partial charge in [-0.1, -0.05) is 23.9 Å². The van der Waals surface area contributed by atoms with Crippen LogP contribution in [-0.2, 0) is 17.0 Å². The van der Waals surface area contributed by atoms with E-state index in [-0.39, 0.29) is 5.69 Å². The third kappa shape index (κ3) is 3.78. The summed E-state index contributed by atoms with van der Waals surface area (Å²) in [5.41, 5.74) is 1.10. The van der Waals surface area contributed by atoms with Crippen LogP contribution in [0.25, 0.3) is 0 Å². The van der Waals surface area contributed by atoms with Gasteiger partial charge in [0, 0.05) is 31.5 Å². The SMILES string of the molecule is COCCn1cnnc1SCc1ccc([N+](=O)[O-])cc1. The van der Waals surface area contributed by atoms with Gasteiger partial charge in [0.05, 0.1) is 11.5 Å². The van der Waals surface area contributed by atoms with E-state index in [1.54, 1.807) is 25.6 Å². The summed E-state index contributed by atoms with van der Waals surface area (Å²) in [6, 6.07) is 6.51. The molecule has 0 aliphatic carbocycles. The van der Waals surface area contributed by atoms with Crippen LogP contribution in [0.3, 0.4) is 0 Å². The number of thioether (sulfide) groups is 1. The first-order valence-electron chi connectivity index (χ1n) is 5.93. The molecule has 0 saturated carbocycles. The minimum Gasteiger partial charge on any atom is -0.383 e. The molecular formula is C12H14N4O3S. The molecule has 1 aromatic carbocycles. The monoisotopic (exact) mass is 294 g/mol. The summed E-state index contributed by atoms with van der Waals surface area (Å²) in [4.78, 5) is 10.2. The standard InChI is InChI=1S/C12H14N4O3S/c1-19-7-6-15-9-13-14-12(15)20-8-10-2-4-11(5-3-10)16(17)18/h2-5,9H,6-8H2,1H3. The number of ether oxygens (including phenoxy) is 1. The molecule has 0 spiro atoms. The molecule has 2 aromatic rings. The van der Waals surface area contributed by atoms with Crippen molar-refractivity contribution in [2.75, 3.05) is 13.7 Å². The van der Waals surface area contributed by atoms with E-state index >= 15 is 0 Å². The Morgan fingerprint density at radius 3 is 2.80 bits per heavy atom. The molecule has 7 nitrogen and oxygen atoms in total. The summed E-state index contributed by atoms with van der Waals surface area (Å²) in [6.07, 6.45) is 1.66. The second kappa shape index (κ2) is 7.01. The van der Waals surface area contributed by atoms with Crippen molar-refractivity contribution in [1.29, 1.82) is 0 Å². The van der Waals surface area contributed by atoms with Gasteiger partial charge >= 0.3 is 0 Å². The van der Waals surface area contributed by atoms with Crippen molar-refractivity contribution < 1.29 is 9.66 Å². The second-order valence-electron chi connectivity index (χ2n) is 4.01. The van der Waals surface area contributed by atoms with Crippen LogP contribution < -0.4 is 0 Å². The van der Waals surface area contributed by atoms with Crippen LogP contribution >= 0.6 is 11.8 Å². The molecule has 0 bridgehead atoms. The minimum atomic E-state index is -0.404. The van der Waals surface area contributed by atoms with Gasteiger partial charge in [0.15, 0.2) is 5.16 Å². The molecule has 0 saturated heterocycles. The molecule has 0 radical (unpaired) electrons. The Bertz CT molecular complexity index is 570. The summed E-state index contributed by atoms with van der Waals surface area (Å²) in [5, 5.41) is 19.3. The molecule has 0 fully saturated rings. The van der Waals surface area contributed by atoms with Gasteiger partial charge in [0.2, 0.25) is 0 Å². The quantitative estimate of drug-likeness (QED) is 0.442. The molecule has 0 N–H and O–H groups in total. The average molecular weight is 294 g/mol. The lowest BCUT2D eigenvalue weighted by Gasteiger charge is -2.05. The summed E-state index contributed by atoms with van der Waals surface area (Å²) in [7, 11) is 1.65. The van der Waals surface area contributed by atoms with E-state index in [9.17, 15) is 10.1 Å². The summed E-state index contributed by atoms with van der Waals surface area (Å²) < 4.78 is 6.94. The van der Waals surface area contributed by atoms with Crippen LogP contribution in [0.1, 0.15) is 5.56 Å². The minimum absolute atomic E-state index is 0.0991. The maximum absolute atomic E-state index is 10.6. The third-order valence-electron chi connectivity index (χ3n) is 2.63. The number of nitro benzene ring substituents is 1. The van der Waals surface area contributed by atoms with Gasteiger partial charge in [-0.2, -0.15) is 0 Å². The van der Waals surface area contributed by atoms with E-state index in [1.807, 2.05) is 4.57 Å². The van der Waals surface area contributed by atoms with Crippen LogP contribution in [0, 0.1) is 10.1 Å². The molecular weight excluding hydrogens is 280 g/mol. The van der Waals surface area contributed by atoms with Gasteiger partial charge in [0.25, 0.3) is 5.69 Å². The maximum atomic E-state index is 10.6. The zero-order valence-electron chi connectivity index (χ0n) is 10.9. The fourth-order valence-electron chi connectivity index (χ4n) is 1.56. The van der Waals surface area contributed by atoms with Crippen molar-refractivity contribution in [2.24, 2.45) is 0 Å². The van der Waals surface area contributed by atoms with E-state index in [2.05, 4.69) is 10.2 Å². The summed E-state index contributed by atoms with van der Waals surface area (Å²) >= 11 is 1.54. The van der Waals surface area contributed by atoms with Gasteiger partial charge in [-0.3, -0.25) is 10.1 Å². The fourth-order valence-corrected chi connectivity index (χ4v) is 2.46. The molecule has 0 aliphatic rings. The molecule has 1 aromatic heterocycles. The molecule has 0 amide bonds. The van der Waals surface area contributed by atoms with E-state index in [1.165, 1.54) is 23.9 Å². The maximum Gasteiger partial charge on any atom is 0.269 e. The van der Waals surface area contributed by atoms with Gasteiger partial charge in [0.1, 0.15) is 6.33 Å². The first kappa shape index (κ1) is 14.5. The number of non-ortho nitro benzene ring substituents is 1. The highest BCUT2D eigenvalue weighted by Crippen LogP contribution is 2.22. The van der Waals surface area contributed by atoms with Gasteiger partial charge in [-0.25, -0.2) is 0 Å². The number of hydrogen-bond donors (Lipinski definition) is 0. The highest BCUT2D eigenvalue weighted by atomic mass is 32.2. The van der Waals surface area contributed by atoms with E-state index in [4.69, 9.17) is 4.74 Å². The van der Waals surface area contributed by atoms with Crippen LogP contribution in [0.5, 0.6) is 0 Å². The van der Waals surface area contributed by atoms with Crippen molar-refractivity contribution in [2.45, 2.75) is 17.5 Å². The van der Waals surface area contributed by atoms with Crippen LogP contribution in [0.4, 0.5) is 5.69 Å². The molecule has 20 heavy (non-hydrogen) atoms. The fraction of sp³-hybridized carbons (Fsp3) is 0.333. The van der Waals surface area contributed by atoms with E-state index in [0.29, 0.717) is 18.9 Å². The number of hydrogen-bond acceptors (Lipinski definition) is 6. The van der Waals surface area contributed by atoms with E-state index in [0.717, 1.165) is 10.7 Å². The highest BCUT2D eigenvalue weighted by molar-refractivity contribution is 7.98. The first-order chi connectivity index (χ1) is 9.70. The average Bonchev–Trinajstić information content (AvgIpc) is 2.90. The summed E-state index contributed by atoms with van der Waals surface area (Å²) in [5.74, 6) is 0.684. The Morgan fingerprint density at radius 1 is 1.40 bits per heavy atom. The lowest BCUT2D eigenvalue weighted by molar-refractivity contribution is -0.384. The number of nitro groups is 1. The van der Waals surface area contributed by atoms with Gasteiger partial charge in [-0.15, -0.1) is 10.2 Å². The molecule has 0 unspecified atom stereocenters. The Kier molecular flexibility index (Phi) is 5.08. The lowest BCUT2D eigenvalue weighted by atomic mass is 10.2. The third-order valence-corrected chi connectivity index (χ3v) is 3.68. The molecule has 2 rings (SSSR count). The zero-order chi connectivity index (χ0) is 14.4. The van der Waals surface area contributed by atoms with E-state index < -0.39 is 4.92 Å². The van der Waals surface area contributed by atoms with Gasteiger partial charge in [-0.05, 0) is 5.56 Å². The molecule has 8 heteroatoms. The highest BCUT2D eigenvalue weighted by Gasteiger charge is 2.07.